The Bertz CT molecular complexity index is 1400. The number of hydrogen-bond acceptors (Lipinski definition) is 5. The fraction of sp³-hybridized carbons (Fsp3) is 0.217. The van der Waals surface area contributed by atoms with Gasteiger partial charge in [-0.15, -0.1) is 0 Å². The van der Waals surface area contributed by atoms with Gasteiger partial charge in [0, 0.05) is 45.0 Å². The van der Waals surface area contributed by atoms with Gasteiger partial charge in [0.25, 0.3) is 0 Å². The van der Waals surface area contributed by atoms with Crippen molar-refractivity contribution in [3.63, 3.8) is 0 Å². The fourth-order valence-electron chi connectivity index (χ4n) is 4.14. The molecule has 1 fully saturated rings. The molecule has 164 valence electrons. The van der Waals surface area contributed by atoms with Gasteiger partial charge in [-0.05, 0) is 48.5 Å². The molecule has 0 bridgehead atoms. The molecule has 0 spiro atoms. The molecule has 0 radical (unpaired) electrons. The maximum atomic E-state index is 13.1. The van der Waals surface area contributed by atoms with Gasteiger partial charge in [-0.3, -0.25) is 4.79 Å². The van der Waals surface area contributed by atoms with E-state index in [0.29, 0.717) is 31.9 Å². The molecule has 0 aliphatic carbocycles. The summed E-state index contributed by atoms with van der Waals surface area (Å²) in [5, 5.41) is 2.65. The van der Waals surface area contributed by atoms with Crippen LogP contribution in [0, 0.1) is 0 Å². The van der Waals surface area contributed by atoms with Crippen molar-refractivity contribution in [2.75, 3.05) is 36.4 Å². The largest absolute Gasteiger partial charge is 0.352 e. The highest BCUT2D eigenvalue weighted by Gasteiger charge is 2.29. The van der Waals surface area contributed by atoms with Crippen molar-refractivity contribution in [2.45, 2.75) is 11.8 Å². The van der Waals surface area contributed by atoms with E-state index in [9.17, 15) is 13.2 Å². The van der Waals surface area contributed by atoms with Crippen molar-refractivity contribution in [3.8, 4) is 0 Å². The van der Waals surface area contributed by atoms with E-state index in [1.165, 1.54) is 23.4 Å². The average Bonchev–Trinajstić information content (AvgIpc) is 3.29. The molecule has 1 aliphatic heterocycles. The van der Waals surface area contributed by atoms with Crippen LogP contribution in [0.25, 0.3) is 16.6 Å². The standard InChI is InChI=1S/C23H23N5O3S/c1-17(29)24-18-8-10-19(11-9-18)32(30,31)27-15-13-26(14-16-27)23-22-7-4-12-28(22)21-6-3-2-5-20(21)25-23/h2-12H,13-16H2,1H3,(H,24,29). The first kappa shape index (κ1) is 20.5. The number of sulfonamides is 1. The molecule has 0 saturated carbocycles. The summed E-state index contributed by atoms with van der Waals surface area (Å²) >= 11 is 0. The van der Waals surface area contributed by atoms with Crippen molar-refractivity contribution in [1.82, 2.24) is 13.7 Å². The second-order valence-corrected chi connectivity index (χ2v) is 9.72. The zero-order chi connectivity index (χ0) is 22.3. The van der Waals surface area contributed by atoms with E-state index < -0.39 is 10.0 Å². The van der Waals surface area contributed by atoms with Gasteiger partial charge in [-0.2, -0.15) is 4.31 Å². The molecule has 0 unspecified atom stereocenters. The summed E-state index contributed by atoms with van der Waals surface area (Å²) in [6.45, 7) is 3.26. The molecular weight excluding hydrogens is 426 g/mol. The third-order valence-corrected chi connectivity index (χ3v) is 7.61. The molecule has 3 heterocycles. The Labute approximate surface area is 186 Å². The molecule has 8 nitrogen and oxygen atoms in total. The Balaban J connectivity index is 1.37. The van der Waals surface area contributed by atoms with E-state index in [4.69, 9.17) is 4.98 Å². The lowest BCUT2D eigenvalue weighted by molar-refractivity contribution is -0.114. The minimum absolute atomic E-state index is 0.198. The predicted octanol–water partition coefficient (Wildman–Crippen LogP) is 2.96. The molecule has 5 rings (SSSR count). The van der Waals surface area contributed by atoms with E-state index in [2.05, 4.69) is 14.6 Å². The van der Waals surface area contributed by atoms with Crippen LogP contribution in [0.4, 0.5) is 11.5 Å². The number of aromatic nitrogens is 2. The number of carbonyl (C=O) groups is 1. The number of nitrogens with zero attached hydrogens (tertiary/aromatic N) is 4. The number of fused-ring (bicyclic) bond motifs is 3. The molecule has 2 aromatic heterocycles. The normalized spacial score (nSPS) is 15.3. The summed E-state index contributed by atoms with van der Waals surface area (Å²) in [7, 11) is -3.61. The maximum Gasteiger partial charge on any atom is 0.243 e. The predicted molar refractivity (Wildman–Crippen MR) is 124 cm³/mol. The quantitative estimate of drug-likeness (QED) is 0.518. The first-order valence-corrected chi connectivity index (χ1v) is 11.9. The van der Waals surface area contributed by atoms with Gasteiger partial charge in [-0.1, -0.05) is 12.1 Å². The Kier molecular flexibility index (Phi) is 5.07. The van der Waals surface area contributed by atoms with E-state index >= 15 is 0 Å². The summed E-state index contributed by atoms with van der Waals surface area (Å²) in [5.41, 5.74) is 3.52. The lowest BCUT2D eigenvalue weighted by atomic mass is 10.2. The average molecular weight is 450 g/mol. The number of rotatable bonds is 4. The van der Waals surface area contributed by atoms with Gasteiger partial charge in [0.2, 0.25) is 15.9 Å². The van der Waals surface area contributed by atoms with Gasteiger partial charge in [0.1, 0.15) is 0 Å². The summed E-state index contributed by atoms with van der Waals surface area (Å²) < 4.78 is 29.8. The van der Waals surface area contributed by atoms with Crippen LogP contribution in [0.3, 0.4) is 0 Å². The lowest BCUT2D eigenvalue weighted by Gasteiger charge is -2.35. The van der Waals surface area contributed by atoms with Gasteiger partial charge in [0.15, 0.2) is 5.82 Å². The first-order chi connectivity index (χ1) is 15.4. The highest BCUT2D eigenvalue weighted by molar-refractivity contribution is 7.89. The van der Waals surface area contributed by atoms with Crippen LogP contribution in [0.2, 0.25) is 0 Å². The Morgan fingerprint density at radius 3 is 2.31 bits per heavy atom. The van der Waals surface area contributed by atoms with Crippen LogP contribution in [-0.4, -0.2) is 54.2 Å². The minimum Gasteiger partial charge on any atom is -0.352 e. The van der Waals surface area contributed by atoms with Crippen molar-refractivity contribution < 1.29 is 13.2 Å². The number of nitrogens with one attached hydrogen (secondary N) is 1. The van der Waals surface area contributed by atoms with E-state index in [-0.39, 0.29) is 10.8 Å². The molecule has 1 N–H and O–H groups in total. The van der Waals surface area contributed by atoms with Crippen molar-refractivity contribution >= 4 is 44.0 Å². The van der Waals surface area contributed by atoms with E-state index in [1.807, 2.05) is 42.6 Å². The third kappa shape index (κ3) is 3.59. The summed E-state index contributed by atoms with van der Waals surface area (Å²) in [6, 6.07) is 18.3. The van der Waals surface area contributed by atoms with Crippen LogP contribution in [-0.2, 0) is 14.8 Å². The number of para-hydroxylation sites is 2. The molecule has 1 amide bonds. The first-order valence-electron chi connectivity index (χ1n) is 10.4. The van der Waals surface area contributed by atoms with Crippen molar-refractivity contribution in [2.24, 2.45) is 0 Å². The molecule has 1 saturated heterocycles. The number of amides is 1. The summed E-state index contributed by atoms with van der Waals surface area (Å²) in [6.07, 6.45) is 2.02. The second kappa shape index (κ2) is 7.92. The Morgan fingerprint density at radius 1 is 0.906 bits per heavy atom. The van der Waals surface area contributed by atoms with Crippen LogP contribution in [0.1, 0.15) is 6.92 Å². The van der Waals surface area contributed by atoms with Gasteiger partial charge < -0.3 is 14.6 Å². The Hall–Kier alpha value is -3.43. The van der Waals surface area contributed by atoms with E-state index in [0.717, 1.165) is 22.4 Å². The number of benzene rings is 2. The van der Waals surface area contributed by atoms with Gasteiger partial charge in [0.05, 0.1) is 21.4 Å². The number of hydrogen-bond donors (Lipinski definition) is 1. The maximum absolute atomic E-state index is 13.1. The second-order valence-electron chi connectivity index (χ2n) is 7.78. The smallest absolute Gasteiger partial charge is 0.243 e. The molecular formula is C23H23N5O3S. The van der Waals surface area contributed by atoms with Gasteiger partial charge >= 0.3 is 0 Å². The monoisotopic (exact) mass is 449 g/mol. The topological polar surface area (TPSA) is 87.0 Å². The molecule has 32 heavy (non-hydrogen) atoms. The number of piperazine rings is 1. The zero-order valence-electron chi connectivity index (χ0n) is 17.6. The van der Waals surface area contributed by atoms with Crippen molar-refractivity contribution in [1.29, 1.82) is 0 Å². The molecule has 1 aliphatic rings. The highest BCUT2D eigenvalue weighted by atomic mass is 32.2. The van der Waals surface area contributed by atoms with Crippen LogP contribution < -0.4 is 10.2 Å². The number of carbonyl (C=O) groups excluding carboxylic acids is 1. The molecule has 9 heteroatoms. The lowest BCUT2D eigenvalue weighted by Crippen LogP contribution is -2.49. The van der Waals surface area contributed by atoms with E-state index in [1.54, 1.807) is 12.1 Å². The SMILES string of the molecule is CC(=O)Nc1ccc(S(=O)(=O)N2CCN(c3nc4ccccc4n4cccc34)CC2)cc1. The minimum atomic E-state index is -3.61. The fourth-order valence-corrected chi connectivity index (χ4v) is 5.56. The molecule has 2 aromatic carbocycles. The summed E-state index contributed by atoms with van der Waals surface area (Å²) in [5.74, 6) is 0.668. The molecule has 4 aromatic rings. The third-order valence-electron chi connectivity index (χ3n) is 5.70. The molecule has 0 atom stereocenters. The van der Waals surface area contributed by atoms with Gasteiger partial charge in [-0.25, -0.2) is 13.4 Å². The van der Waals surface area contributed by atoms with Crippen LogP contribution in [0.15, 0.2) is 71.8 Å². The van der Waals surface area contributed by atoms with Crippen LogP contribution >= 0.6 is 0 Å². The Morgan fingerprint density at radius 2 is 1.59 bits per heavy atom. The number of anilines is 2. The zero-order valence-corrected chi connectivity index (χ0v) is 18.4. The van der Waals surface area contributed by atoms with Crippen LogP contribution in [0.5, 0.6) is 0 Å². The summed E-state index contributed by atoms with van der Waals surface area (Å²) in [4.78, 5) is 18.4. The van der Waals surface area contributed by atoms with Crippen molar-refractivity contribution in [3.05, 3.63) is 66.9 Å². The highest BCUT2D eigenvalue weighted by Crippen LogP contribution is 2.27.